The number of thioether (sulfide) groups is 1. The molecule has 4 rings (SSSR count). The van der Waals surface area contributed by atoms with E-state index in [9.17, 15) is 14.4 Å². The first-order valence-corrected chi connectivity index (χ1v) is 16.5. The van der Waals surface area contributed by atoms with Crippen molar-refractivity contribution in [2.45, 2.75) is 13.0 Å². The predicted octanol–water partition coefficient (Wildman–Crippen LogP) is 6.71. The summed E-state index contributed by atoms with van der Waals surface area (Å²) in [4.78, 5) is 46.3. The predicted molar refractivity (Wildman–Crippen MR) is 196 cm³/mol. The summed E-state index contributed by atoms with van der Waals surface area (Å²) >= 11 is 3.07. The number of ether oxygens (including phenoxy) is 2. The van der Waals surface area contributed by atoms with E-state index in [-0.39, 0.29) is 29.0 Å². The van der Waals surface area contributed by atoms with E-state index in [0.29, 0.717) is 26.3 Å². The summed E-state index contributed by atoms with van der Waals surface area (Å²) in [5, 5.41) is 3.17. The van der Waals surface area contributed by atoms with Crippen LogP contribution in [0.1, 0.15) is 29.7 Å². The maximum absolute atomic E-state index is 14.0. The highest BCUT2D eigenvalue weighted by molar-refractivity contribution is 14.1. The van der Waals surface area contributed by atoms with Gasteiger partial charge in [-0.15, -0.1) is 6.42 Å². The molecule has 0 saturated heterocycles. The zero-order valence-corrected chi connectivity index (χ0v) is 28.8. The Kier molecular flexibility index (Phi) is 12.8. The van der Waals surface area contributed by atoms with Crippen molar-refractivity contribution in [2.75, 3.05) is 19.5 Å². The van der Waals surface area contributed by atoms with Gasteiger partial charge in [0, 0.05) is 5.70 Å². The second kappa shape index (κ2) is 17.2. The number of allylic oxidation sites excluding steroid dienone is 4. The number of hydrogen-bond donors (Lipinski definition) is 1. The number of nitrogens with one attached hydrogen (secondary N) is 1. The molecule has 3 aromatic carbocycles. The summed E-state index contributed by atoms with van der Waals surface area (Å²) in [5.41, 5.74) is 2.66. The molecular formula is C37H32IN3O5S. The number of nitrogens with zero attached hydrogens (tertiary/aromatic N) is 2. The van der Waals surface area contributed by atoms with Gasteiger partial charge in [0.15, 0.2) is 16.7 Å². The maximum Gasteiger partial charge on any atom is 0.285 e. The molecule has 0 bridgehead atoms. The standard InChI is InChI=1S/C37H32IN3O5S/c1-5-8-19-28(7-3)41-36(44)29(21-25-22-30(38)34(46-20-6-2)31(23-25)45-4)35(43)40-37(41)47-24-32(42)39-33(26-15-11-9-12-16-26)27-17-13-10-14-18-27/h2,5,7-19,21-23,33H,1,20,24H2,3-4H3,(H,39,42)/b19-8-,28-7+,29-21+. The molecule has 0 aliphatic carbocycles. The van der Waals surface area contributed by atoms with E-state index in [0.717, 1.165) is 22.9 Å². The van der Waals surface area contributed by atoms with Crippen LogP contribution in [0.5, 0.6) is 11.5 Å². The number of rotatable bonds is 12. The first-order chi connectivity index (χ1) is 22.8. The normalized spacial score (nSPS) is 14.3. The fraction of sp³-hybridized carbons (Fsp3) is 0.135. The lowest BCUT2D eigenvalue weighted by atomic mass is 9.99. The Hall–Kier alpha value is -4.86. The van der Waals surface area contributed by atoms with E-state index < -0.39 is 17.9 Å². The first kappa shape index (κ1) is 35.0. The molecule has 1 aliphatic rings. The largest absolute Gasteiger partial charge is 0.493 e. The highest BCUT2D eigenvalue weighted by Gasteiger charge is 2.35. The van der Waals surface area contributed by atoms with Crippen LogP contribution < -0.4 is 14.8 Å². The van der Waals surface area contributed by atoms with Gasteiger partial charge < -0.3 is 14.8 Å². The lowest BCUT2D eigenvalue weighted by Gasteiger charge is -2.28. The molecule has 47 heavy (non-hydrogen) atoms. The average molecular weight is 758 g/mol. The van der Waals surface area contributed by atoms with Crippen molar-refractivity contribution >= 4 is 63.3 Å². The van der Waals surface area contributed by atoms with Crippen LogP contribution in [0.3, 0.4) is 0 Å². The van der Waals surface area contributed by atoms with Gasteiger partial charge in [0.25, 0.3) is 11.8 Å². The fourth-order valence-corrected chi connectivity index (χ4v) is 6.23. The highest BCUT2D eigenvalue weighted by Crippen LogP contribution is 2.35. The molecule has 10 heteroatoms. The molecule has 0 unspecified atom stereocenters. The number of amidine groups is 1. The topological polar surface area (TPSA) is 97.3 Å². The molecule has 0 fully saturated rings. The van der Waals surface area contributed by atoms with Crippen molar-refractivity contribution < 1.29 is 23.9 Å². The number of carbonyl (C=O) groups excluding carboxylic acids is 3. The van der Waals surface area contributed by atoms with E-state index in [1.165, 1.54) is 18.1 Å². The quantitative estimate of drug-likeness (QED) is 0.0727. The van der Waals surface area contributed by atoms with Gasteiger partial charge in [-0.3, -0.25) is 19.3 Å². The molecule has 0 radical (unpaired) electrons. The number of halogens is 1. The summed E-state index contributed by atoms with van der Waals surface area (Å²) < 4.78 is 11.8. The van der Waals surface area contributed by atoms with Crippen LogP contribution in [0.2, 0.25) is 0 Å². The van der Waals surface area contributed by atoms with Gasteiger partial charge in [0.1, 0.15) is 12.2 Å². The van der Waals surface area contributed by atoms with Gasteiger partial charge in [-0.2, -0.15) is 4.99 Å². The number of methoxy groups -OCH3 is 1. The van der Waals surface area contributed by atoms with Gasteiger partial charge in [-0.25, -0.2) is 0 Å². The Morgan fingerprint density at radius 2 is 1.79 bits per heavy atom. The van der Waals surface area contributed by atoms with Crippen molar-refractivity contribution in [3.8, 4) is 23.8 Å². The molecule has 0 atom stereocenters. The zero-order valence-electron chi connectivity index (χ0n) is 25.8. The zero-order chi connectivity index (χ0) is 33.8. The van der Waals surface area contributed by atoms with Crippen molar-refractivity contribution in [3.63, 3.8) is 0 Å². The summed E-state index contributed by atoms with van der Waals surface area (Å²) in [7, 11) is 1.49. The third-order valence-electron chi connectivity index (χ3n) is 6.78. The second-order valence-electron chi connectivity index (χ2n) is 9.84. The van der Waals surface area contributed by atoms with Crippen LogP contribution in [-0.2, 0) is 14.4 Å². The van der Waals surface area contributed by atoms with Crippen LogP contribution in [0, 0.1) is 15.9 Å². The van der Waals surface area contributed by atoms with Gasteiger partial charge in [-0.1, -0.05) is 103 Å². The third-order valence-corrected chi connectivity index (χ3v) is 8.52. The molecule has 8 nitrogen and oxygen atoms in total. The number of benzene rings is 3. The molecule has 0 saturated carbocycles. The minimum absolute atomic E-state index is 0.0510. The molecule has 1 aliphatic heterocycles. The van der Waals surface area contributed by atoms with Crippen molar-refractivity contribution in [3.05, 3.63) is 135 Å². The Morgan fingerprint density at radius 3 is 2.36 bits per heavy atom. The van der Waals surface area contributed by atoms with E-state index >= 15 is 0 Å². The van der Waals surface area contributed by atoms with Gasteiger partial charge in [-0.05, 0) is 70.5 Å². The Bertz CT molecular complexity index is 1770. The molecule has 0 aromatic heterocycles. The van der Waals surface area contributed by atoms with Gasteiger partial charge >= 0.3 is 0 Å². The van der Waals surface area contributed by atoms with Crippen LogP contribution in [0.25, 0.3) is 6.08 Å². The second-order valence-corrected chi connectivity index (χ2v) is 11.9. The third kappa shape index (κ3) is 8.90. The van der Waals surface area contributed by atoms with Crippen LogP contribution >= 0.6 is 34.4 Å². The monoisotopic (exact) mass is 757 g/mol. The van der Waals surface area contributed by atoms with Crippen molar-refractivity contribution in [1.82, 2.24) is 10.2 Å². The maximum atomic E-state index is 14.0. The summed E-state index contributed by atoms with van der Waals surface area (Å²) in [5.74, 6) is 1.55. The average Bonchev–Trinajstić information content (AvgIpc) is 3.09. The smallest absolute Gasteiger partial charge is 0.285 e. The van der Waals surface area contributed by atoms with Crippen LogP contribution in [0.15, 0.2) is 120 Å². The van der Waals surface area contributed by atoms with Gasteiger partial charge in [0.2, 0.25) is 5.91 Å². The summed E-state index contributed by atoms with van der Waals surface area (Å²) in [6.07, 6.45) is 13.4. The number of aliphatic imine (C=N–C) groups is 1. The Labute approximate surface area is 292 Å². The van der Waals surface area contributed by atoms with Crippen LogP contribution in [0.4, 0.5) is 0 Å². The molecule has 1 heterocycles. The summed E-state index contributed by atoms with van der Waals surface area (Å²) in [6, 6.07) is 22.3. The minimum Gasteiger partial charge on any atom is -0.493 e. The molecule has 1 N–H and O–H groups in total. The Morgan fingerprint density at radius 1 is 1.13 bits per heavy atom. The van der Waals surface area contributed by atoms with E-state index in [2.05, 4.69) is 45.4 Å². The lowest BCUT2D eigenvalue weighted by molar-refractivity contribution is -0.126. The minimum atomic E-state index is -0.731. The Balaban J connectivity index is 1.65. The van der Waals surface area contributed by atoms with Gasteiger partial charge in [0.05, 0.1) is 22.5 Å². The molecular weight excluding hydrogens is 725 g/mol. The summed E-state index contributed by atoms with van der Waals surface area (Å²) in [6.45, 7) is 5.53. The molecule has 0 spiro atoms. The number of terminal acetylenes is 1. The van der Waals surface area contributed by atoms with E-state index in [1.807, 2.05) is 60.7 Å². The number of amides is 3. The van der Waals surface area contributed by atoms with E-state index in [1.54, 1.807) is 43.4 Å². The van der Waals surface area contributed by atoms with E-state index in [4.69, 9.17) is 15.9 Å². The highest BCUT2D eigenvalue weighted by atomic mass is 127. The molecule has 3 amide bonds. The fourth-order valence-electron chi connectivity index (χ4n) is 4.64. The molecule has 3 aromatic rings. The number of carbonyl (C=O) groups is 3. The van der Waals surface area contributed by atoms with Crippen molar-refractivity contribution in [2.24, 2.45) is 4.99 Å². The van der Waals surface area contributed by atoms with Crippen molar-refractivity contribution in [1.29, 1.82) is 0 Å². The number of hydrogen-bond acceptors (Lipinski definition) is 6. The molecule has 238 valence electrons. The van der Waals surface area contributed by atoms with Crippen LogP contribution in [-0.4, -0.2) is 47.3 Å². The lowest BCUT2D eigenvalue weighted by Crippen LogP contribution is -2.42. The first-order valence-electron chi connectivity index (χ1n) is 14.4. The SMILES string of the molecule is C#CCOc1c(I)cc(/C=C2\C(=O)N=C(SCC(=O)NC(c3ccccc3)c3ccccc3)N(C(/C=C\C=C)=C/C)C2=O)cc1OC.